The minimum absolute atomic E-state index is 0.382. The molecule has 0 saturated carbocycles. The van der Waals surface area contributed by atoms with Gasteiger partial charge in [0.15, 0.2) is 0 Å². The van der Waals surface area contributed by atoms with Gasteiger partial charge in [0, 0.05) is 0 Å². The maximum atomic E-state index is 12.5. The Kier molecular flexibility index (Phi) is 52.5. The van der Waals surface area contributed by atoms with Crippen LogP contribution in [0.15, 0.2) is 48.6 Å². The first-order chi connectivity index (χ1) is 31.6. The number of rotatable bonds is 52. The molecule has 5 nitrogen and oxygen atoms in total. The number of allylic oxidation sites excluding steroid dienone is 7. The van der Waals surface area contributed by atoms with E-state index in [4.69, 9.17) is 0 Å². The monoisotopic (exact) mass is 898 g/mol. The molecule has 376 valence electrons. The first kappa shape index (κ1) is 62.3. The molecule has 4 N–H and O–H groups in total. The zero-order valence-corrected chi connectivity index (χ0v) is 42.9. The van der Waals surface area contributed by atoms with Crippen LogP contribution in [0.2, 0.25) is 0 Å². The molecule has 0 aromatic rings. The van der Waals surface area contributed by atoms with Crippen LogP contribution in [0.25, 0.3) is 0 Å². The summed E-state index contributed by atoms with van der Waals surface area (Å²) in [6.07, 6.45) is 71.9. The van der Waals surface area contributed by atoms with Crippen molar-refractivity contribution in [1.82, 2.24) is 5.32 Å². The van der Waals surface area contributed by atoms with Gasteiger partial charge in [-0.2, -0.15) is 0 Å². The van der Waals surface area contributed by atoms with Gasteiger partial charge in [-0.15, -0.1) is 0 Å². The summed E-state index contributed by atoms with van der Waals surface area (Å²) >= 11 is 0. The summed E-state index contributed by atoms with van der Waals surface area (Å²) in [5.41, 5.74) is 0. The summed E-state index contributed by atoms with van der Waals surface area (Å²) in [6.45, 7) is 4.20. The first-order valence-corrected chi connectivity index (χ1v) is 28.5. The lowest BCUT2D eigenvalue weighted by Gasteiger charge is -2.21. The molecule has 64 heavy (non-hydrogen) atoms. The second-order valence-electron chi connectivity index (χ2n) is 19.5. The normalized spacial score (nSPS) is 13.6. The van der Waals surface area contributed by atoms with E-state index < -0.39 is 24.2 Å². The van der Waals surface area contributed by atoms with Gasteiger partial charge in [0.2, 0.25) is 5.91 Å². The van der Waals surface area contributed by atoms with Gasteiger partial charge in [-0.05, 0) is 70.6 Å². The van der Waals surface area contributed by atoms with Crippen molar-refractivity contribution in [1.29, 1.82) is 0 Å². The van der Waals surface area contributed by atoms with Crippen molar-refractivity contribution >= 4 is 5.91 Å². The molecule has 0 spiro atoms. The summed E-state index contributed by atoms with van der Waals surface area (Å²) in [5.74, 6) is -0.516. The van der Waals surface area contributed by atoms with E-state index in [0.717, 1.165) is 44.9 Å². The number of hydrogen-bond donors (Lipinski definition) is 4. The molecule has 5 heteroatoms. The van der Waals surface area contributed by atoms with E-state index in [9.17, 15) is 20.1 Å². The molecule has 1 amide bonds. The Bertz CT molecular complexity index is 1040. The highest BCUT2D eigenvalue weighted by Gasteiger charge is 2.22. The number of nitrogens with one attached hydrogen (secondary N) is 1. The Morgan fingerprint density at radius 2 is 0.641 bits per heavy atom. The molecule has 3 atom stereocenters. The van der Waals surface area contributed by atoms with Crippen molar-refractivity contribution in [2.24, 2.45) is 0 Å². The first-order valence-electron chi connectivity index (χ1n) is 28.5. The topological polar surface area (TPSA) is 89.8 Å². The number of hydrogen-bond acceptors (Lipinski definition) is 4. The van der Waals surface area contributed by atoms with Crippen LogP contribution in [0.3, 0.4) is 0 Å². The minimum Gasteiger partial charge on any atom is -0.394 e. The number of aliphatic hydroxyl groups excluding tert-OH is 3. The third-order valence-electron chi connectivity index (χ3n) is 13.1. The smallest absolute Gasteiger partial charge is 0.249 e. The lowest BCUT2D eigenvalue weighted by atomic mass is 10.0. The second-order valence-corrected chi connectivity index (χ2v) is 19.5. The number of carbonyl (C=O) groups excluding carboxylic acids is 1. The Balaban J connectivity index is 3.64. The maximum Gasteiger partial charge on any atom is 0.249 e. The van der Waals surface area contributed by atoms with Crippen LogP contribution >= 0.6 is 0 Å². The van der Waals surface area contributed by atoms with Gasteiger partial charge in [-0.3, -0.25) is 4.79 Å². The van der Waals surface area contributed by atoms with E-state index in [0.29, 0.717) is 6.42 Å². The van der Waals surface area contributed by atoms with Crippen molar-refractivity contribution in [3.05, 3.63) is 48.6 Å². The molecule has 3 unspecified atom stereocenters. The third kappa shape index (κ3) is 48.2. The largest absolute Gasteiger partial charge is 0.394 e. The highest BCUT2D eigenvalue weighted by atomic mass is 16.3. The third-order valence-corrected chi connectivity index (χ3v) is 13.1. The fourth-order valence-electron chi connectivity index (χ4n) is 8.68. The molecule has 0 aromatic carbocycles. The Labute approximate surface area is 399 Å². The average molecular weight is 899 g/mol. The molecule has 0 aromatic heterocycles. The predicted molar refractivity (Wildman–Crippen MR) is 282 cm³/mol. The van der Waals surface area contributed by atoms with E-state index >= 15 is 0 Å². The number of amides is 1. The van der Waals surface area contributed by atoms with Crippen LogP contribution in [0.1, 0.15) is 296 Å². The van der Waals surface area contributed by atoms with Crippen molar-refractivity contribution < 1.29 is 20.1 Å². The molecule has 0 saturated heterocycles. The van der Waals surface area contributed by atoms with Gasteiger partial charge < -0.3 is 20.6 Å². The van der Waals surface area contributed by atoms with Gasteiger partial charge in [0.25, 0.3) is 0 Å². The molecule has 0 aliphatic heterocycles. The molecule has 0 bridgehead atoms. The Morgan fingerprint density at radius 1 is 0.375 bits per heavy atom. The molecular formula is C59H111NO4. The minimum atomic E-state index is -1.11. The molecule has 0 aliphatic rings. The summed E-state index contributed by atoms with van der Waals surface area (Å²) in [4.78, 5) is 12.5. The van der Waals surface area contributed by atoms with Crippen LogP contribution in [0, 0.1) is 0 Å². The van der Waals surface area contributed by atoms with Crippen molar-refractivity contribution in [2.75, 3.05) is 6.61 Å². The Morgan fingerprint density at radius 3 is 0.953 bits per heavy atom. The number of carbonyl (C=O) groups is 1. The van der Waals surface area contributed by atoms with Crippen LogP contribution < -0.4 is 5.32 Å². The molecule has 0 fully saturated rings. The molecule has 0 radical (unpaired) electrons. The molecular weight excluding hydrogens is 787 g/mol. The van der Waals surface area contributed by atoms with Crippen LogP contribution in [-0.2, 0) is 4.79 Å². The maximum absolute atomic E-state index is 12.5. The fourth-order valence-corrected chi connectivity index (χ4v) is 8.68. The number of aliphatic hydroxyl groups is 3. The van der Waals surface area contributed by atoms with Crippen molar-refractivity contribution in [2.45, 2.75) is 315 Å². The quantitative estimate of drug-likeness (QED) is 0.0362. The van der Waals surface area contributed by atoms with Gasteiger partial charge in [-0.1, -0.05) is 274 Å². The van der Waals surface area contributed by atoms with Gasteiger partial charge in [0.1, 0.15) is 6.10 Å². The lowest BCUT2D eigenvalue weighted by Crippen LogP contribution is -2.48. The summed E-state index contributed by atoms with van der Waals surface area (Å²) in [5, 5.41) is 33.3. The lowest BCUT2D eigenvalue weighted by molar-refractivity contribution is -0.131. The van der Waals surface area contributed by atoms with Gasteiger partial charge in [0.05, 0.1) is 18.8 Å². The molecule has 0 aliphatic carbocycles. The number of unbranched alkanes of at least 4 members (excludes halogenated alkanes) is 38. The van der Waals surface area contributed by atoms with E-state index in [2.05, 4.69) is 55.6 Å². The Hall–Kier alpha value is -1.69. The standard InChI is InChI=1S/C59H111NO4/c1-3-5-7-9-11-13-15-17-19-21-23-25-27-29-31-33-35-37-39-41-43-45-47-49-51-53-57(62)56(55-61)60-59(64)58(63)54-52-50-48-46-44-42-40-38-36-34-32-30-28-26-24-22-20-18-16-14-12-10-8-6-4-2/h30,32,35,37,43,45,51,53,56-58,61-63H,3-29,31,33-34,36,38-42,44,46-50,52,54-55H2,1-2H3,(H,60,64)/b32-30-,37-35+,45-43+,53-51+. The second kappa shape index (κ2) is 53.9. The summed E-state index contributed by atoms with van der Waals surface area (Å²) in [6, 6.07) is -0.824. The van der Waals surface area contributed by atoms with E-state index in [-0.39, 0.29) is 6.61 Å². The van der Waals surface area contributed by atoms with Gasteiger partial charge >= 0.3 is 0 Å². The van der Waals surface area contributed by atoms with E-state index in [1.165, 1.54) is 231 Å². The summed E-state index contributed by atoms with van der Waals surface area (Å²) in [7, 11) is 0. The van der Waals surface area contributed by atoms with Crippen LogP contribution in [0.4, 0.5) is 0 Å². The molecule has 0 rings (SSSR count). The van der Waals surface area contributed by atoms with Crippen LogP contribution in [0.5, 0.6) is 0 Å². The highest BCUT2D eigenvalue weighted by Crippen LogP contribution is 2.16. The van der Waals surface area contributed by atoms with E-state index in [1.54, 1.807) is 6.08 Å². The zero-order valence-electron chi connectivity index (χ0n) is 42.9. The highest BCUT2D eigenvalue weighted by molar-refractivity contribution is 5.80. The van der Waals surface area contributed by atoms with E-state index in [1.807, 2.05) is 6.08 Å². The average Bonchev–Trinajstić information content (AvgIpc) is 3.30. The van der Waals surface area contributed by atoms with Crippen LogP contribution in [-0.4, -0.2) is 46.1 Å². The summed E-state index contributed by atoms with van der Waals surface area (Å²) < 4.78 is 0. The molecule has 0 heterocycles. The van der Waals surface area contributed by atoms with Crippen molar-refractivity contribution in [3.63, 3.8) is 0 Å². The fraction of sp³-hybridized carbons (Fsp3) is 0.847. The predicted octanol–water partition coefficient (Wildman–Crippen LogP) is 17.6. The van der Waals surface area contributed by atoms with Crippen molar-refractivity contribution in [3.8, 4) is 0 Å². The SMILES string of the molecule is CCCCCCCCCCCCCC/C=C\CCCCCCCCCCCC(O)C(=O)NC(CO)C(O)/C=C/CC/C=C/CC/C=C/CCCCCCCCCCCCCCCCC. The van der Waals surface area contributed by atoms with Gasteiger partial charge in [-0.25, -0.2) is 0 Å². The zero-order chi connectivity index (χ0) is 46.5.